The first kappa shape index (κ1) is 20.1. The Bertz CT molecular complexity index is 1130. The molecule has 2 heterocycles. The van der Waals surface area contributed by atoms with Gasteiger partial charge in [-0.1, -0.05) is 23.7 Å². The first-order chi connectivity index (χ1) is 14.1. The molecule has 0 fully saturated rings. The van der Waals surface area contributed by atoms with Crippen molar-refractivity contribution in [3.8, 4) is 22.6 Å². The maximum absolute atomic E-state index is 13.2. The molecule has 1 N–H and O–H groups in total. The molecular weight excluding hydrogens is 430 g/mol. The Morgan fingerprint density at radius 2 is 1.73 bits per heavy atom. The van der Waals surface area contributed by atoms with E-state index in [2.05, 4.69) is 14.8 Å². The van der Waals surface area contributed by atoms with E-state index in [4.69, 9.17) is 16.0 Å². The Hall–Kier alpha value is -3.20. The molecule has 3 aromatic rings. The molecular formula is C20H12ClF4NO4. The normalized spacial score (nSPS) is 14.2. The van der Waals surface area contributed by atoms with Gasteiger partial charge in [0.2, 0.25) is 0 Å². The van der Waals surface area contributed by atoms with Crippen LogP contribution >= 0.6 is 11.6 Å². The third-order valence-electron chi connectivity index (χ3n) is 4.37. The summed E-state index contributed by atoms with van der Waals surface area (Å²) in [6.45, 7) is 1.48. The summed E-state index contributed by atoms with van der Waals surface area (Å²) in [7, 11) is 0. The van der Waals surface area contributed by atoms with Crippen molar-refractivity contribution in [1.29, 1.82) is 0 Å². The fourth-order valence-corrected chi connectivity index (χ4v) is 3.30. The maximum atomic E-state index is 13.2. The SMILES string of the molecule is Cc1coc(C(F)F)c1C(=O)Nc1ccc(-c2cc3c(cc2Cl)OC(F)(F)O3)cc1. The lowest BCUT2D eigenvalue weighted by atomic mass is 10.0. The number of ether oxygens (including phenoxy) is 2. The Kier molecular flexibility index (Phi) is 4.85. The molecule has 5 nitrogen and oxygen atoms in total. The summed E-state index contributed by atoms with van der Waals surface area (Å²) in [5.41, 5.74) is 1.33. The fraction of sp³-hybridized carbons (Fsp3) is 0.150. The van der Waals surface area contributed by atoms with Crippen molar-refractivity contribution >= 4 is 23.2 Å². The maximum Gasteiger partial charge on any atom is 0.586 e. The summed E-state index contributed by atoms with van der Waals surface area (Å²) in [5.74, 6) is -1.78. The van der Waals surface area contributed by atoms with Crippen LogP contribution in [0.4, 0.5) is 23.2 Å². The van der Waals surface area contributed by atoms with Crippen molar-refractivity contribution in [3.63, 3.8) is 0 Å². The van der Waals surface area contributed by atoms with Crippen LogP contribution in [-0.2, 0) is 0 Å². The summed E-state index contributed by atoms with van der Waals surface area (Å²) in [6, 6.07) is 8.72. The van der Waals surface area contributed by atoms with Crippen LogP contribution in [0, 0.1) is 6.92 Å². The number of benzene rings is 2. The lowest BCUT2D eigenvalue weighted by molar-refractivity contribution is -0.286. The quantitative estimate of drug-likeness (QED) is 0.475. The molecule has 156 valence electrons. The van der Waals surface area contributed by atoms with Gasteiger partial charge in [-0.15, -0.1) is 8.78 Å². The topological polar surface area (TPSA) is 60.7 Å². The zero-order chi connectivity index (χ0) is 21.6. The third kappa shape index (κ3) is 3.68. The monoisotopic (exact) mass is 441 g/mol. The van der Waals surface area contributed by atoms with Crippen LogP contribution in [0.2, 0.25) is 5.02 Å². The van der Waals surface area contributed by atoms with Crippen molar-refractivity contribution < 1.29 is 36.2 Å². The molecule has 0 spiro atoms. The van der Waals surface area contributed by atoms with E-state index in [1.807, 2.05) is 0 Å². The highest BCUT2D eigenvalue weighted by atomic mass is 35.5. The second-order valence-corrected chi connectivity index (χ2v) is 6.84. The van der Waals surface area contributed by atoms with Crippen molar-refractivity contribution in [3.05, 3.63) is 64.6 Å². The molecule has 0 aliphatic carbocycles. The zero-order valence-electron chi connectivity index (χ0n) is 15.1. The number of hydrogen-bond donors (Lipinski definition) is 1. The van der Waals surface area contributed by atoms with Gasteiger partial charge in [0, 0.05) is 22.9 Å². The number of nitrogens with one attached hydrogen (secondary N) is 1. The van der Waals surface area contributed by atoms with Crippen molar-refractivity contribution in [2.75, 3.05) is 5.32 Å². The van der Waals surface area contributed by atoms with Crippen LogP contribution in [0.25, 0.3) is 11.1 Å². The Balaban J connectivity index is 1.56. The number of carbonyl (C=O) groups is 1. The van der Waals surface area contributed by atoms with Crippen molar-refractivity contribution in [2.45, 2.75) is 19.6 Å². The zero-order valence-corrected chi connectivity index (χ0v) is 15.9. The average Bonchev–Trinajstić information content (AvgIpc) is 3.19. The second-order valence-electron chi connectivity index (χ2n) is 6.44. The van der Waals surface area contributed by atoms with Crippen molar-refractivity contribution in [1.82, 2.24) is 0 Å². The van der Waals surface area contributed by atoms with Gasteiger partial charge in [0.25, 0.3) is 12.3 Å². The standard InChI is InChI=1S/C20H12ClF4NO4/c1-9-8-28-17(18(22)23)16(9)19(27)26-11-4-2-10(3-5-11)12-6-14-15(7-13(12)21)30-20(24,25)29-14/h2-8,18H,1H3,(H,26,27). The molecule has 0 unspecified atom stereocenters. The number of furan rings is 1. The van der Waals surface area contributed by atoms with Gasteiger partial charge in [-0.3, -0.25) is 4.79 Å². The van der Waals surface area contributed by atoms with Crippen LogP contribution in [0.5, 0.6) is 11.5 Å². The van der Waals surface area contributed by atoms with Crippen LogP contribution in [0.3, 0.4) is 0 Å². The van der Waals surface area contributed by atoms with E-state index < -0.39 is 24.4 Å². The van der Waals surface area contributed by atoms with E-state index in [0.717, 1.165) is 6.26 Å². The summed E-state index contributed by atoms with van der Waals surface area (Å²) < 4.78 is 66.0. The van der Waals surface area contributed by atoms with Gasteiger partial charge in [0.05, 0.1) is 16.8 Å². The largest absolute Gasteiger partial charge is 0.586 e. The van der Waals surface area contributed by atoms with Gasteiger partial charge in [-0.2, -0.15) is 0 Å². The number of alkyl halides is 4. The molecule has 0 atom stereocenters. The van der Waals surface area contributed by atoms with Gasteiger partial charge in [0.1, 0.15) is 0 Å². The van der Waals surface area contributed by atoms with Crippen LogP contribution in [-0.4, -0.2) is 12.2 Å². The predicted octanol–water partition coefficient (Wildman–Crippen LogP) is 6.42. The molecule has 1 aromatic heterocycles. The minimum absolute atomic E-state index is 0.155. The molecule has 2 aromatic carbocycles. The molecule has 0 saturated heterocycles. The molecule has 30 heavy (non-hydrogen) atoms. The number of hydrogen-bond acceptors (Lipinski definition) is 4. The molecule has 1 amide bonds. The number of rotatable bonds is 4. The summed E-state index contributed by atoms with van der Waals surface area (Å²) in [6.07, 6.45) is -5.60. The number of carbonyl (C=O) groups excluding carboxylic acids is 1. The summed E-state index contributed by atoms with van der Waals surface area (Å²) in [4.78, 5) is 12.4. The predicted molar refractivity (Wildman–Crippen MR) is 99.4 cm³/mol. The van der Waals surface area contributed by atoms with Crippen LogP contribution in [0.15, 0.2) is 47.1 Å². The fourth-order valence-electron chi connectivity index (χ4n) is 3.04. The lowest BCUT2D eigenvalue weighted by Crippen LogP contribution is -2.25. The Labute approximate surface area is 172 Å². The molecule has 4 rings (SSSR count). The number of amides is 1. The van der Waals surface area contributed by atoms with E-state index in [1.54, 1.807) is 12.1 Å². The summed E-state index contributed by atoms with van der Waals surface area (Å²) >= 11 is 6.16. The number of fused-ring (bicyclic) bond motifs is 1. The highest BCUT2D eigenvalue weighted by molar-refractivity contribution is 6.33. The minimum Gasteiger partial charge on any atom is -0.462 e. The van der Waals surface area contributed by atoms with E-state index >= 15 is 0 Å². The lowest BCUT2D eigenvalue weighted by Gasteiger charge is -2.09. The number of aryl methyl sites for hydroxylation is 1. The summed E-state index contributed by atoms with van der Waals surface area (Å²) in [5, 5.41) is 2.67. The minimum atomic E-state index is -3.76. The van der Waals surface area contributed by atoms with E-state index in [0.29, 0.717) is 16.8 Å². The highest BCUT2D eigenvalue weighted by Gasteiger charge is 2.43. The van der Waals surface area contributed by atoms with Crippen LogP contribution in [0.1, 0.15) is 28.1 Å². The van der Waals surface area contributed by atoms with Gasteiger partial charge in [0.15, 0.2) is 17.3 Å². The number of halogens is 5. The van der Waals surface area contributed by atoms with E-state index in [9.17, 15) is 22.4 Å². The Morgan fingerprint density at radius 3 is 2.37 bits per heavy atom. The molecule has 10 heteroatoms. The van der Waals surface area contributed by atoms with Crippen LogP contribution < -0.4 is 14.8 Å². The van der Waals surface area contributed by atoms with E-state index in [-0.39, 0.29) is 27.6 Å². The van der Waals surface area contributed by atoms with Gasteiger partial charge in [-0.25, -0.2) is 8.78 Å². The molecule has 1 aliphatic heterocycles. The molecule has 0 bridgehead atoms. The third-order valence-corrected chi connectivity index (χ3v) is 4.69. The first-order valence-corrected chi connectivity index (χ1v) is 8.90. The van der Waals surface area contributed by atoms with Gasteiger partial charge in [-0.05, 0) is 30.7 Å². The second kappa shape index (κ2) is 7.24. The highest BCUT2D eigenvalue weighted by Crippen LogP contribution is 2.46. The number of anilines is 1. The smallest absolute Gasteiger partial charge is 0.462 e. The molecule has 1 aliphatic rings. The van der Waals surface area contributed by atoms with Gasteiger partial charge >= 0.3 is 6.29 Å². The first-order valence-electron chi connectivity index (χ1n) is 8.52. The van der Waals surface area contributed by atoms with E-state index in [1.165, 1.54) is 31.2 Å². The average molecular weight is 442 g/mol. The van der Waals surface area contributed by atoms with Crippen molar-refractivity contribution in [2.24, 2.45) is 0 Å². The van der Waals surface area contributed by atoms with Gasteiger partial charge < -0.3 is 19.2 Å². The molecule has 0 saturated carbocycles. The Morgan fingerprint density at radius 1 is 1.10 bits per heavy atom. The molecule has 0 radical (unpaired) electrons.